The highest BCUT2D eigenvalue weighted by Crippen LogP contribution is 2.13. The van der Waals surface area contributed by atoms with Gasteiger partial charge in [0.25, 0.3) is 0 Å². The summed E-state index contributed by atoms with van der Waals surface area (Å²) in [5, 5.41) is 7.68. The average molecular weight is 180 g/mol. The summed E-state index contributed by atoms with van der Waals surface area (Å²) in [5.74, 6) is 1.72. The second kappa shape index (κ2) is 3.87. The maximum absolute atomic E-state index is 4.28. The van der Waals surface area contributed by atoms with Crippen LogP contribution in [0, 0.1) is 5.92 Å². The molecule has 1 aliphatic heterocycles. The third-order valence-corrected chi connectivity index (χ3v) is 2.52. The molecule has 2 rings (SSSR count). The first-order valence-corrected chi connectivity index (χ1v) is 4.90. The first-order valence-electron chi connectivity index (χ1n) is 4.90. The highest BCUT2D eigenvalue weighted by Gasteiger charge is 2.14. The van der Waals surface area contributed by atoms with Crippen LogP contribution >= 0.6 is 0 Å². The van der Waals surface area contributed by atoms with Crippen molar-refractivity contribution in [3.63, 3.8) is 0 Å². The van der Waals surface area contributed by atoms with Crippen molar-refractivity contribution in [1.29, 1.82) is 0 Å². The molecule has 13 heavy (non-hydrogen) atoms. The van der Waals surface area contributed by atoms with Crippen LogP contribution < -0.4 is 5.32 Å². The topological polar surface area (TPSA) is 42.7 Å². The highest BCUT2D eigenvalue weighted by atomic mass is 15.3. The number of aromatic nitrogens is 3. The number of rotatable bonds is 2. The van der Waals surface area contributed by atoms with Crippen molar-refractivity contribution in [2.75, 3.05) is 13.1 Å². The van der Waals surface area contributed by atoms with Crippen molar-refractivity contribution in [3.05, 3.63) is 12.2 Å². The van der Waals surface area contributed by atoms with Crippen molar-refractivity contribution in [3.8, 4) is 0 Å². The number of aryl methyl sites for hydroxylation is 1. The summed E-state index contributed by atoms with van der Waals surface area (Å²) in [5.41, 5.74) is 0. The summed E-state index contributed by atoms with van der Waals surface area (Å²) in [6, 6.07) is 0. The molecule has 1 aromatic heterocycles. The van der Waals surface area contributed by atoms with Crippen LogP contribution in [0.4, 0.5) is 0 Å². The van der Waals surface area contributed by atoms with Gasteiger partial charge in [0.05, 0.1) is 0 Å². The number of piperidine rings is 1. The standard InChI is InChI=1S/C9H16N4/c1-13-7-11-9(12-13)5-8-3-2-4-10-6-8/h7-8,10H,2-6H2,1H3. The fourth-order valence-electron chi connectivity index (χ4n) is 1.83. The third kappa shape index (κ3) is 2.28. The van der Waals surface area contributed by atoms with Gasteiger partial charge in [0.2, 0.25) is 0 Å². The van der Waals surface area contributed by atoms with Crippen molar-refractivity contribution >= 4 is 0 Å². The van der Waals surface area contributed by atoms with Gasteiger partial charge >= 0.3 is 0 Å². The molecule has 1 aliphatic rings. The summed E-state index contributed by atoms with van der Waals surface area (Å²) in [4.78, 5) is 4.23. The normalized spacial score (nSPS) is 23.3. The molecule has 1 saturated heterocycles. The van der Waals surface area contributed by atoms with Gasteiger partial charge in [-0.2, -0.15) is 5.10 Å². The molecular weight excluding hydrogens is 164 g/mol. The van der Waals surface area contributed by atoms with E-state index in [1.54, 1.807) is 11.0 Å². The van der Waals surface area contributed by atoms with Crippen molar-refractivity contribution in [2.24, 2.45) is 13.0 Å². The van der Waals surface area contributed by atoms with Crippen molar-refractivity contribution in [2.45, 2.75) is 19.3 Å². The molecule has 0 spiro atoms. The molecule has 1 atom stereocenters. The molecule has 0 bridgehead atoms. The minimum Gasteiger partial charge on any atom is -0.316 e. The molecule has 0 amide bonds. The van der Waals surface area contributed by atoms with E-state index in [1.165, 1.54) is 19.4 Å². The van der Waals surface area contributed by atoms with Gasteiger partial charge in [-0.05, 0) is 31.8 Å². The van der Waals surface area contributed by atoms with E-state index in [-0.39, 0.29) is 0 Å². The van der Waals surface area contributed by atoms with E-state index in [2.05, 4.69) is 15.4 Å². The molecule has 0 aliphatic carbocycles. The van der Waals surface area contributed by atoms with Gasteiger partial charge < -0.3 is 5.32 Å². The molecule has 0 saturated carbocycles. The number of hydrogen-bond donors (Lipinski definition) is 1. The monoisotopic (exact) mass is 180 g/mol. The Morgan fingerprint density at radius 1 is 1.69 bits per heavy atom. The lowest BCUT2D eigenvalue weighted by Crippen LogP contribution is -2.31. The Bertz CT molecular complexity index is 262. The van der Waals surface area contributed by atoms with Gasteiger partial charge in [-0.15, -0.1) is 0 Å². The van der Waals surface area contributed by atoms with E-state index < -0.39 is 0 Å². The third-order valence-electron chi connectivity index (χ3n) is 2.52. The Morgan fingerprint density at radius 3 is 3.23 bits per heavy atom. The SMILES string of the molecule is Cn1cnc(CC2CCCNC2)n1. The summed E-state index contributed by atoms with van der Waals surface area (Å²) < 4.78 is 1.77. The number of nitrogens with zero attached hydrogens (tertiary/aromatic N) is 3. The van der Waals surface area contributed by atoms with Gasteiger partial charge in [-0.1, -0.05) is 0 Å². The first kappa shape index (κ1) is 8.69. The molecule has 1 fully saturated rings. The van der Waals surface area contributed by atoms with Crippen LogP contribution in [0.15, 0.2) is 6.33 Å². The second-order valence-electron chi connectivity index (χ2n) is 3.75. The van der Waals surface area contributed by atoms with Gasteiger partial charge in [0.1, 0.15) is 6.33 Å². The van der Waals surface area contributed by atoms with Crippen LogP contribution in [0.2, 0.25) is 0 Å². The molecule has 0 radical (unpaired) electrons. The summed E-state index contributed by atoms with van der Waals surface area (Å²) in [6.45, 7) is 2.30. The predicted octanol–water partition coefficient (Wildman–Crippen LogP) is 0.357. The lowest BCUT2D eigenvalue weighted by Gasteiger charge is -2.21. The fourth-order valence-corrected chi connectivity index (χ4v) is 1.83. The smallest absolute Gasteiger partial charge is 0.150 e. The quantitative estimate of drug-likeness (QED) is 0.714. The minimum atomic E-state index is 0.733. The van der Waals surface area contributed by atoms with E-state index in [0.717, 1.165) is 24.7 Å². The lowest BCUT2D eigenvalue weighted by atomic mass is 9.96. The molecule has 1 unspecified atom stereocenters. The first-order chi connectivity index (χ1) is 6.34. The van der Waals surface area contributed by atoms with E-state index in [0.29, 0.717) is 0 Å². The van der Waals surface area contributed by atoms with Crippen LogP contribution in [0.1, 0.15) is 18.7 Å². The zero-order chi connectivity index (χ0) is 9.10. The second-order valence-corrected chi connectivity index (χ2v) is 3.75. The number of hydrogen-bond acceptors (Lipinski definition) is 3. The van der Waals surface area contributed by atoms with E-state index in [9.17, 15) is 0 Å². The van der Waals surface area contributed by atoms with Crippen molar-refractivity contribution < 1.29 is 0 Å². The largest absolute Gasteiger partial charge is 0.316 e. The summed E-state index contributed by atoms with van der Waals surface area (Å²) >= 11 is 0. The highest BCUT2D eigenvalue weighted by molar-refractivity contribution is 4.86. The van der Waals surface area contributed by atoms with Gasteiger partial charge in [0.15, 0.2) is 5.82 Å². The molecule has 2 heterocycles. The zero-order valence-corrected chi connectivity index (χ0v) is 8.03. The molecule has 4 heteroatoms. The van der Waals surface area contributed by atoms with E-state index in [4.69, 9.17) is 0 Å². The van der Waals surface area contributed by atoms with Crippen LogP contribution in [-0.4, -0.2) is 27.9 Å². The van der Waals surface area contributed by atoms with Crippen molar-refractivity contribution in [1.82, 2.24) is 20.1 Å². The Balaban J connectivity index is 1.89. The maximum atomic E-state index is 4.28. The van der Waals surface area contributed by atoms with Gasteiger partial charge in [-0.3, -0.25) is 4.68 Å². The Morgan fingerprint density at radius 2 is 2.62 bits per heavy atom. The van der Waals surface area contributed by atoms with Crippen LogP contribution in [-0.2, 0) is 13.5 Å². The summed E-state index contributed by atoms with van der Waals surface area (Å²) in [7, 11) is 1.91. The fraction of sp³-hybridized carbons (Fsp3) is 0.778. The molecule has 1 N–H and O–H groups in total. The van der Waals surface area contributed by atoms with Gasteiger partial charge in [-0.25, -0.2) is 4.98 Å². The maximum Gasteiger partial charge on any atom is 0.150 e. The lowest BCUT2D eigenvalue weighted by molar-refractivity contribution is 0.370. The molecule has 1 aromatic rings. The molecule has 4 nitrogen and oxygen atoms in total. The molecule has 72 valence electrons. The minimum absolute atomic E-state index is 0.733. The number of nitrogens with one attached hydrogen (secondary N) is 1. The predicted molar refractivity (Wildman–Crippen MR) is 50.3 cm³/mol. The summed E-state index contributed by atoms with van der Waals surface area (Å²) in [6.07, 6.45) is 5.39. The average Bonchev–Trinajstić information content (AvgIpc) is 2.53. The Hall–Kier alpha value is -0.900. The zero-order valence-electron chi connectivity index (χ0n) is 8.03. The van der Waals surface area contributed by atoms with Crippen LogP contribution in [0.3, 0.4) is 0 Å². The van der Waals surface area contributed by atoms with E-state index in [1.807, 2.05) is 7.05 Å². The van der Waals surface area contributed by atoms with E-state index >= 15 is 0 Å². The van der Waals surface area contributed by atoms with Gasteiger partial charge in [0, 0.05) is 13.5 Å². The Kier molecular flexibility index (Phi) is 2.59. The van der Waals surface area contributed by atoms with Crippen LogP contribution in [0.5, 0.6) is 0 Å². The van der Waals surface area contributed by atoms with Crippen LogP contribution in [0.25, 0.3) is 0 Å². The molecular formula is C9H16N4. The molecule has 0 aromatic carbocycles. The Labute approximate surface area is 78.4 Å².